The molecule has 0 spiro atoms. The maximum absolute atomic E-state index is 10.7. The molecule has 0 aromatic heterocycles. The van der Waals surface area contributed by atoms with Gasteiger partial charge in [0.2, 0.25) is 5.60 Å². The van der Waals surface area contributed by atoms with Crippen molar-refractivity contribution < 1.29 is 49.2 Å². The van der Waals surface area contributed by atoms with Crippen molar-refractivity contribution in [3.63, 3.8) is 0 Å². The van der Waals surface area contributed by atoms with Gasteiger partial charge < -0.3 is 35.3 Å². The van der Waals surface area contributed by atoms with Crippen LogP contribution in [0.5, 0.6) is 0 Å². The third-order valence-corrected chi connectivity index (χ3v) is 2.33. The van der Waals surface area contributed by atoms with Crippen molar-refractivity contribution in [2.75, 3.05) is 13.2 Å². The number of aliphatic hydroxyl groups excluding tert-OH is 3. The van der Waals surface area contributed by atoms with Crippen LogP contribution < -0.4 is 0 Å². The predicted molar refractivity (Wildman–Crippen MR) is 49.7 cm³/mol. The van der Waals surface area contributed by atoms with Crippen LogP contribution in [0.1, 0.15) is 0 Å². The first-order valence-electron chi connectivity index (χ1n) is 4.17. The number of phosphoric acid groups is 1. The van der Waals surface area contributed by atoms with Crippen molar-refractivity contribution in [1.29, 1.82) is 0 Å². The molecule has 0 bridgehead atoms. The van der Waals surface area contributed by atoms with Crippen molar-refractivity contribution in [2.45, 2.75) is 17.8 Å². The first kappa shape index (κ1) is 16.4. The fourth-order valence-electron chi connectivity index (χ4n) is 0.874. The lowest BCUT2D eigenvalue weighted by molar-refractivity contribution is -0.190. The molecule has 0 amide bonds. The number of aliphatic carboxylic acids is 1. The number of carboxylic acids is 1. The molecule has 10 nitrogen and oxygen atoms in total. The Balaban J connectivity index is 4.92. The smallest absolute Gasteiger partial charge is 0.469 e. The summed E-state index contributed by atoms with van der Waals surface area (Å²) in [5.74, 6) is -2.08. The van der Waals surface area contributed by atoms with Gasteiger partial charge in [0.1, 0.15) is 18.8 Å². The van der Waals surface area contributed by atoms with Gasteiger partial charge >= 0.3 is 13.8 Å². The SMILES string of the molecule is O=C(O)[C@](O)(COP(=O)(O)O)[C@H](O)[C@H](O)CO. The van der Waals surface area contributed by atoms with E-state index in [1.54, 1.807) is 0 Å². The number of rotatable bonds is 7. The molecule has 0 aliphatic rings. The monoisotopic (exact) mass is 276 g/mol. The van der Waals surface area contributed by atoms with Gasteiger partial charge in [-0.3, -0.25) is 4.52 Å². The third-order valence-electron chi connectivity index (χ3n) is 1.86. The maximum Gasteiger partial charge on any atom is 0.469 e. The largest absolute Gasteiger partial charge is 0.479 e. The standard InChI is InChI=1S/C6H13O10P/c7-1-3(8)4(9)6(12,5(10)11)2-16-17(13,14)15/h3-4,7-9,12H,1-2H2,(H,10,11)(H2,13,14,15)/t3-,4-,6+/m1/s1. The lowest BCUT2D eigenvalue weighted by Gasteiger charge is -2.30. The summed E-state index contributed by atoms with van der Waals surface area (Å²) in [6.45, 7) is -2.53. The van der Waals surface area contributed by atoms with Crippen LogP contribution in [0.3, 0.4) is 0 Å². The average Bonchev–Trinajstić information content (AvgIpc) is 2.22. The average molecular weight is 276 g/mol. The van der Waals surface area contributed by atoms with Crippen LogP contribution in [0.2, 0.25) is 0 Å². The van der Waals surface area contributed by atoms with Gasteiger partial charge in [-0.05, 0) is 0 Å². The lowest BCUT2D eigenvalue weighted by Crippen LogP contribution is -2.58. The molecule has 7 N–H and O–H groups in total. The number of phosphoric ester groups is 1. The predicted octanol–water partition coefficient (Wildman–Crippen LogP) is -3.37. The van der Waals surface area contributed by atoms with E-state index in [1.807, 2.05) is 0 Å². The zero-order valence-electron chi connectivity index (χ0n) is 8.37. The van der Waals surface area contributed by atoms with Gasteiger partial charge in [-0.2, -0.15) is 0 Å². The Morgan fingerprint density at radius 3 is 2.12 bits per heavy atom. The van der Waals surface area contributed by atoms with Crippen molar-refractivity contribution in [3.8, 4) is 0 Å². The molecular formula is C6H13O10P. The normalized spacial score (nSPS) is 19.4. The Bertz CT molecular complexity index is 312. The molecule has 0 aliphatic heterocycles. The van der Waals surface area contributed by atoms with Crippen LogP contribution in [0.25, 0.3) is 0 Å². The second-order valence-electron chi connectivity index (χ2n) is 3.19. The van der Waals surface area contributed by atoms with Gasteiger partial charge in [-0.25, -0.2) is 9.36 Å². The summed E-state index contributed by atoms with van der Waals surface area (Å²) < 4.78 is 14.1. The van der Waals surface area contributed by atoms with Crippen molar-refractivity contribution in [1.82, 2.24) is 0 Å². The molecule has 17 heavy (non-hydrogen) atoms. The van der Waals surface area contributed by atoms with Crippen LogP contribution in [0, 0.1) is 0 Å². The molecule has 0 saturated carbocycles. The summed E-state index contributed by atoms with van der Waals surface area (Å²) in [4.78, 5) is 27.3. The van der Waals surface area contributed by atoms with Crippen LogP contribution >= 0.6 is 7.82 Å². The molecule has 0 heterocycles. The highest BCUT2D eigenvalue weighted by molar-refractivity contribution is 7.46. The molecule has 0 aromatic rings. The van der Waals surface area contributed by atoms with Crippen LogP contribution in [0.15, 0.2) is 0 Å². The first-order valence-corrected chi connectivity index (χ1v) is 5.70. The van der Waals surface area contributed by atoms with Crippen molar-refractivity contribution in [2.24, 2.45) is 0 Å². The van der Waals surface area contributed by atoms with E-state index in [4.69, 9.17) is 25.1 Å². The second-order valence-corrected chi connectivity index (χ2v) is 4.43. The van der Waals surface area contributed by atoms with Crippen LogP contribution in [-0.4, -0.2) is 72.3 Å². The van der Waals surface area contributed by atoms with Crippen molar-refractivity contribution >= 4 is 13.8 Å². The van der Waals surface area contributed by atoms with E-state index >= 15 is 0 Å². The molecule has 0 fully saturated rings. The minimum atomic E-state index is -5.06. The molecule has 0 radical (unpaired) electrons. The molecule has 0 aliphatic carbocycles. The molecule has 0 aromatic carbocycles. The Kier molecular flexibility index (Phi) is 5.65. The lowest BCUT2D eigenvalue weighted by atomic mass is 9.94. The Morgan fingerprint density at radius 1 is 1.35 bits per heavy atom. The number of hydrogen-bond acceptors (Lipinski definition) is 7. The summed E-state index contributed by atoms with van der Waals surface area (Å²) >= 11 is 0. The van der Waals surface area contributed by atoms with Gasteiger partial charge in [0.05, 0.1) is 6.61 Å². The Morgan fingerprint density at radius 2 is 1.82 bits per heavy atom. The summed E-state index contributed by atoms with van der Waals surface area (Å²) in [5.41, 5.74) is -3.16. The van der Waals surface area contributed by atoms with E-state index < -0.39 is 44.8 Å². The number of hydrogen-bond donors (Lipinski definition) is 7. The molecule has 0 saturated heterocycles. The minimum Gasteiger partial charge on any atom is -0.479 e. The van der Waals surface area contributed by atoms with Crippen molar-refractivity contribution in [3.05, 3.63) is 0 Å². The molecule has 102 valence electrons. The quantitative estimate of drug-likeness (QED) is 0.231. The Hall–Kier alpha value is -0.580. The summed E-state index contributed by atoms with van der Waals surface area (Å²) in [5, 5.41) is 44.7. The first-order chi connectivity index (χ1) is 7.54. The number of carbonyl (C=O) groups is 1. The number of carboxylic acid groups (broad SMARTS) is 1. The fourth-order valence-corrected chi connectivity index (χ4v) is 1.24. The zero-order valence-corrected chi connectivity index (χ0v) is 9.27. The van der Waals surface area contributed by atoms with E-state index in [2.05, 4.69) is 4.52 Å². The van der Waals surface area contributed by atoms with E-state index in [9.17, 15) is 19.6 Å². The Labute approximate surface area is 94.9 Å². The van der Waals surface area contributed by atoms with E-state index in [0.29, 0.717) is 0 Å². The topological polar surface area (TPSA) is 185 Å². The van der Waals surface area contributed by atoms with E-state index in [0.717, 1.165) is 0 Å². The van der Waals surface area contributed by atoms with Gasteiger partial charge in [0, 0.05) is 0 Å². The molecular weight excluding hydrogens is 263 g/mol. The van der Waals surface area contributed by atoms with Gasteiger partial charge in [0.15, 0.2) is 0 Å². The molecule has 0 unspecified atom stereocenters. The minimum absolute atomic E-state index is 1.06. The molecule has 0 rings (SSSR count). The van der Waals surface area contributed by atoms with Gasteiger partial charge in [0.25, 0.3) is 0 Å². The van der Waals surface area contributed by atoms with Crippen LogP contribution in [-0.2, 0) is 13.9 Å². The fraction of sp³-hybridized carbons (Fsp3) is 0.833. The van der Waals surface area contributed by atoms with Gasteiger partial charge in [-0.1, -0.05) is 0 Å². The van der Waals surface area contributed by atoms with Gasteiger partial charge in [-0.15, -0.1) is 0 Å². The van der Waals surface area contributed by atoms with E-state index in [-0.39, 0.29) is 0 Å². The highest BCUT2D eigenvalue weighted by atomic mass is 31.2. The molecule has 11 heteroatoms. The van der Waals surface area contributed by atoms with E-state index in [1.165, 1.54) is 0 Å². The molecule has 3 atom stereocenters. The zero-order chi connectivity index (χ0) is 13.9. The van der Waals surface area contributed by atoms with Crippen LogP contribution in [0.4, 0.5) is 0 Å². The highest BCUT2D eigenvalue weighted by Crippen LogP contribution is 2.37. The summed E-state index contributed by atoms with van der Waals surface area (Å²) in [6, 6.07) is 0. The maximum atomic E-state index is 10.7. The summed E-state index contributed by atoms with van der Waals surface area (Å²) in [6.07, 6.45) is -4.41. The highest BCUT2D eigenvalue weighted by Gasteiger charge is 2.48. The second kappa shape index (κ2) is 5.85. The third kappa shape index (κ3) is 4.66. The number of aliphatic hydroxyl groups is 4. The summed E-state index contributed by atoms with van der Waals surface area (Å²) in [7, 11) is -5.06.